The van der Waals surface area contributed by atoms with Gasteiger partial charge in [0.25, 0.3) is 0 Å². The van der Waals surface area contributed by atoms with Crippen molar-refractivity contribution in [2.75, 3.05) is 5.73 Å². The summed E-state index contributed by atoms with van der Waals surface area (Å²) in [5.74, 6) is 0.736. The monoisotopic (exact) mass is 273 g/mol. The van der Waals surface area contributed by atoms with Crippen LogP contribution in [0.1, 0.15) is 36.3 Å². The molecule has 1 fully saturated rings. The maximum atomic E-state index is 12.7. The van der Waals surface area contributed by atoms with E-state index in [0.29, 0.717) is 24.4 Å². The van der Waals surface area contributed by atoms with Crippen molar-refractivity contribution in [2.45, 2.75) is 38.7 Å². The van der Waals surface area contributed by atoms with Crippen LogP contribution in [0.2, 0.25) is 0 Å². The second-order valence-corrected chi connectivity index (χ2v) is 5.59. The molecule has 0 amide bonds. The number of rotatable bonds is 1. The number of benzene rings is 1. The highest BCUT2D eigenvalue weighted by molar-refractivity contribution is 5.93. The lowest BCUT2D eigenvalue weighted by Crippen LogP contribution is -2.28. The molecule has 0 atom stereocenters. The third-order valence-electron chi connectivity index (χ3n) is 4.11. The molecular formula is C15H19N3O2. The fourth-order valence-corrected chi connectivity index (χ4v) is 3.00. The molecular weight excluding hydrogens is 254 g/mol. The molecule has 0 radical (unpaired) electrons. The van der Waals surface area contributed by atoms with Crippen molar-refractivity contribution in [3.63, 3.8) is 0 Å². The van der Waals surface area contributed by atoms with Crippen LogP contribution >= 0.6 is 0 Å². The highest BCUT2D eigenvalue weighted by Gasteiger charge is 2.28. The summed E-state index contributed by atoms with van der Waals surface area (Å²) >= 11 is 0. The van der Waals surface area contributed by atoms with Gasteiger partial charge in [-0.15, -0.1) is 0 Å². The summed E-state index contributed by atoms with van der Waals surface area (Å²) in [5, 5.41) is 9.56. The maximum Gasteiger partial charge on any atom is 0.235 e. The van der Waals surface area contributed by atoms with Crippen molar-refractivity contribution in [1.29, 1.82) is 0 Å². The largest absolute Gasteiger partial charge is 0.399 e. The van der Waals surface area contributed by atoms with Gasteiger partial charge in [0.1, 0.15) is 5.82 Å². The number of aryl methyl sites for hydroxylation is 1. The number of aromatic nitrogens is 2. The zero-order valence-electron chi connectivity index (χ0n) is 11.5. The lowest BCUT2D eigenvalue weighted by molar-refractivity contribution is 0.0690. The molecule has 106 valence electrons. The second-order valence-electron chi connectivity index (χ2n) is 5.59. The number of fused-ring (bicyclic) bond motifs is 1. The smallest absolute Gasteiger partial charge is 0.235 e. The van der Waals surface area contributed by atoms with Gasteiger partial charge in [0, 0.05) is 11.6 Å². The van der Waals surface area contributed by atoms with E-state index in [1.807, 2.05) is 13.0 Å². The first kappa shape index (κ1) is 13.1. The van der Waals surface area contributed by atoms with Crippen LogP contribution in [-0.2, 0) is 0 Å². The summed E-state index contributed by atoms with van der Waals surface area (Å²) in [6.45, 7) is 1.84. The van der Waals surface area contributed by atoms with Gasteiger partial charge < -0.3 is 10.8 Å². The summed E-state index contributed by atoms with van der Waals surface area (Å²) in [6.07, 6.45) is 2.62. The topological polar surface area (TPSA) is 81.1 Å². The minimum absolute atomic E-state index is 0.0315. The Hall–Kier alpha value is -1.88. The van der Waals surface area contributed by atoms with Gasteiger partial charge in [-0.05, 0) is 50.8 Å². The molecule has 5 heteroatoms. The third-order valence-corrected chi connectivity index (χ3v) is 4.11. The average Bonchev–Trinajstić information content (AvgIpc) is 2.74. The predicted molar refractivity (Wildman–Crippen MR) is 77.5 cm³/mol. The number of imidazole rings is 1. The molecule has 0 spiro atoms. The Balaban J connectivity index is 1.98. The Bertz CT molecular complexity index is 654. The summed E-state index contributed by atoms with van der Waals surface area (Å²) in [7, 11) is 0. The molecule has 0 saturated heterocycles. The number of carbonyl (C=O) groups excluding carboxylic acids is 1. The molecule has 0 aliphatic heterocycles. The molecule has 3 rings (SSSR count). The van der Waals surface area contributed by atoms with Gasteiger partial charge in [0.2, 0.25) is 5.91 Å². The Morgan fingerprint density at radius 1 is 1.35 bits per heavy atom. The average molecular weight is 273 g/mol. The van der Waals surface area contributed by atoms with Gasteiger partial charge >= 0.3 is 0 Å². The van der Waals surface area contributed by atoms with E-state index in [0.717, 1.165) is 23.9 Å². The zero-order chi connectivity index (χ0) is 14.3. The lowest BCUT2D eigenvalue weighted by Gasteiger charge is -2.24. The number of hydrogen-bond donors (Lipinski definition) is 2. The van der Waals surface area contributed by atoms with Crippen LogP contribution in [0.25, 0.3) is 11.0 Å². The van der Waals surface area contributed by atoms with Crippen LogP contribution in [0.15, 0.2) is 18.2 Å². The number of aliphatic hydroxyl groups excluding tert-OH is 1. The van der Waals surface area contributed by atoms with E-state index < -0.39 is 0 Å². The van der Waals surface area contributed by atoms with Crippen molar-refractivity contribution in [3.05, 3.63) is 24.0 Å². The summed E-state index contributed by atoms with van der Waals surface area (Å²) in [5.41, 5.74) is 8.01. The van der Waals surface area contributed by atoms with Gasteiger partial charge in [0.05, 0.1) is 17.1 Å². The number of anilines is 1. The molecule has 5 nitrogen and oxygen atoms in total. The summed E-state index contributed by atoms with van der Waals surface area (Å²) in [4.78, 5) is 17.1. The maximum absolute atomic E-state index is 12.7. The molecule has 0 unspecified atom stereocenters. The Morgan fingerprint density at radius 2 is 2.05 bits per heavy atom. The molecule has 1 aromatic heterocycles. The van der Waals surface area contributed by atoms with Crippen LogP contribution in [0.3, 0.4) is 0 Å². The van der Waals surface area contributed by atoms with E-state index in [9.17, 15) is 9.90 Å². The number of nitrogens with two attached hydrogens (primary N) is 1. The van der Waals surface area contributed by atoms with Crippen molar-refractivity contribution in [2.24, 2.45) is 5.92 Å². The van der Waals surface area contributed by atoms with E-state index in [4.69, 9.17) is 5.73 Å². The van der Waals surface area contributed by atoms with E-state index >= 15 is 0 Å². The van der Waals surface area contributed by atoms with Gasteiger partial charge in [-0.1, -0.05) is 0 Å². The Kier molecular flexibility index (Phi) is 3.22. The van der Waals surface area contributed by atoms with Gasteiger partial charge in [-0.25, -0.2) is 4.98 Å². The summed E-state index contributed by atoms with van der Waals surface area (Å²) < 4.78 is 1.67. The minimum atomic E-state index is -0.254. The molecule has 1 aromatic carbocycles. The standard InChI is InChI=1S/C15H19N3O2/c1-9-17-13-7-4-11(16)8-14(13)18(9)15(20)10-2-5-12(19)6-3-10/h4,7-8,10,12,19H,2-3,5-6,16H2,1H3. The highest BCUT2D eigenvalue weighted by atomic mass is 16.3. The van der Waals surface area contributed by atoms with E-state index in [1.165, 1.54) is 0 Å². The van der Waals surface area contributed by atoms with Crippen LogP contribution in [0, 0.1) is 12.8 Å². The van der Waals surface area contributed by atoms with E-state index in [2.05, 4.69) is 4.98 Å². The van der Waals surface area contributed by atoms with Crippen molar-refractivity contribution in [1.82, 2.24) is 9.55 Å². The van der Waals surface area contributed by atoms with Gasteiger partial charge in [-0.2, -0.15) is 0 Å². The van der Waals surface area contributed by atoms with Crippen molar-refractivity contribution >= 4 is 22.6 Å². The third kappa shape index (κ3) is 2.18. The zero-order valence-corrected chi connectivity index (χ0v) is 11.5. The normalized spacial score (nSPS) is 23.1. The highest BCUT2D eigenvalue weighted by Crippen LogP contribution is 2.28. The first-order valence-corrected chi connectivity index (χ1v) is 7.03. The van der Waals surface area contributed by atoms with E-state index in [-0.39, 0.29) is 17.9 Å². The van der Waals surface area contributed by atoms with Gasteiger partial charge in [-0.3, -0.25) is 9.36 Å². The minimum Gasteiger partial charge on any atom is -0.399 e. The van der Waals surface area contributed by atoms with Crippen LogP contribution < -0.4 is 5.73 Å². The molecule has 20 heavy (non-hydrogen) atoms. The molecule has 3 N–H and O–H groups in total. The fraction of sp³-hybridized carbons (Fsp3) is 0.467. The lowest BCUT2D eigenvalue weighted by atomic mass is 9.87. The van der Waals surface area contributed by atoms with Crippen molar-refractivity contribution < 1.29 is 9.90 Å². The van der Waals surface area contributed by atoms with Crippen LogP contribution in [0.5, 0.6) is 0 Å². The second kappa shape index (κ2) is 4.90. The molecule has 1 saturated carbocycles. The molecule has 1 aliphatic carbocycles. The number of hydrogen-bond acceptors (Lipinski definition) is 4. The van der Waals surface area contributed by atoms with Crippen molar-refractivity contribution in [3.8, 4) is 0 Å². The molecule has 0 bridgehead atoms. The first-order chi connectivity index (χ1) is 9.56. The number of carbonyl (C=O) groups is 1. The SMILES string of the molecule is Cc1nc2ccc(N)cc2n1C(=O)C1CCC(O)CC1. The fourth-order valence-electron chi connectivity index (χ4n) is 3.00. The van der Waals surface area contributed by atoms with E-state index in [1.54, 1.807) is 16.7 Å². The molecule has 2 aromatic rings. The number of aliphatic hydroxyl groups is 1. The Morgan fingerprint density at radius 3 is 2.75 bits per heavy atom. The van der Waals surface area contributed by atoms with Gasteiger partial charge in [0.15, 0.2) is 0 Å². The number of nitrogens with zero attached hydrogens (tertiary/aromatic N) is 2. The van der Waals surface area contributed by atoms with Crippen LogP contribution in [-0.4, -0.2) is 26.7 Å². The predicted octanol–water partition coefficient (Wildman–Crippen LogP) is 2.12. The Labute approximate surface area is 117 Å². The first-order valence-electron chi connectivity index (χ1n) is 7.03. The van der Waals surface area contributed by atoms with Crippen LogP contribution in [0.4, 0.5) is 5.69 Å². The number of nitrogen functional groups attached to an aromatic ring is 1. The summed E-state index contributed by atoms with van der Waals surface area (Å²) in [6, 6.07) is 5.43. The quantitative estimate of drug-likeness (QED) is 0.780. The molecule has 1 heterocycles. The molecule has 1 aliphatic rings.